The fraction of sp³-hybridized carbons (Fsp3) is 0.152. The molecule has 2 atom stereocenters. The Morgan fingerprint density at radius 1 is 0.718 bits per heavy atom. The number of nitrogens with one attached hydrogen (secondary N) is 1. The van der Waals surface area contributed by atoms with Crippen molar-refractivity contribution in [2.75, 3.05) is 0 Å². The number of carbonyl (C=O) groups excluding carboxylic acids is 2. The summed E-state index contributed by atoms with van der Waals surface area (Å²) in [4.78, 5) is 27.3. The van der Waals surface area contributed by atoms with Crippen LogP contribution in [0.15, 0.2) is 126 Å². The molecular weight excluding hydrogens is 506 g/mol. The highest BCUT2D eigenvalue weighted by Crippen LogP contribution is 2.33. The number of benzene rings is 4. The van der Waals surface area contributed by atoms with Crippen molar-refractivity contribution in [3.8, 4) is 0 Å². The molecule has 4 aromatic carbocycles. The van der Waals surface area contributed by atoms with Gasteiger partial charge >= 0.3 is 0 Å². The van der Waals surface area contributed by atoms with Crippen LogP contribution >= 0.6 is 0 Å². The molecule has 39 heavy (non-hydrogen) atoms. The van der Waals surface area contributed by atoms with E-state index >= 15 is 0 Å². The van der Waals surface area contributed by atoms with Gasteiger partial charge in [-0.05, 0) is 43.5 Å². The highest BCUT2D eigenvalue weighted by molar-refractivity contribution is 7.89. The molecule has 4 aromatic rings. The van der Waals surface area contributed by atoms with Gasteiger partial charge in [-0.2, -0.15) is 0 Å². The van der Waals surface area contributed by atoms with Gasteiger partial charge in [0.15, 0.2) is 11.6 Å². The molecule has 6 heteroatoms. The Morgan fingerprint density at radius 3 is 1.74 bits per heavy atom. The number of allylic oxidation sites excluding steroid dienone is 1. The summed E-state index contributed by atoms with van der Waals surface area (Å²) in [6, 6.07) is 30.4. The van der Waals surface area contributed by atoms with E-state index < -0.39 is 22.0 Å². The largest absolute Gasteiger partial charge is 0.294 e. The highest BCUT2D eigenvalue weighted by Gasteiger charge is 2.35. The first-order valence-corrected chi connectivity index (χ1v) is 14.2. The highest BCUT2D eigenvalue weighted by atomic mass is 32.2. The lowest BCUT2D eigenvalue weighted by Gasteiger charge is -2.28. The molecule has 0 unspecified atom stereocenters. The van der Waals surface area contributed by atoms with Crippen LogP contribution in [-0.4, -0.2) is 20.0 Å². The van der Waals surface area contributed by atoms with Crippen molar-refractivity contribution in [1.82, 2.24) is 4.72 Å². The maximum Gasteiger partial charge on any atom is 0.241 e. The lowest BCUT2D eigenvalue weighted by Crippen LogP contribution is -2.37. The van der Waals surface area contributed by atoms with Crippen LogP contribution in [0.1, 0.15) is 49.9 Å². The minimum Gasteiger partial charge on any atom is -0.294 e. The van der Waals surface area contributed by atoms with Gasteiger partial charge in [-0.1, -0.05) is 115 Å². The normalized spacial score (nSPS) is 12.9. The van der Waals surface area contributed by atoms with E-state index in [0.717, 1.165) is 11.1 Å². The second kappa shape index (κ2) is 12.2. The van der Waals surface area contributed by atoms with E-state index in [2.05, 4.69) is 11.3 Å². The van der Waals surface area contributed by atoms with E-state index in [1.165, 1.54) is 12.1 Å². The van der Waals surface area contributed by atoms with Crippen molar-refractivity contribution in [3.05, 3.63) is 149 Å². The van der Waals surface area contributed by atoms with Gasteiger partial charge in [-0.15, -0.1) is 0 Å². The Bertz CT molecular complexity index is 1560. The third-order valence-electron chi connectivity index (χ3n) is 6.67. The second-order valence-electron chi connectivity index (χ2n) is 9.66. The van der Waals surface area contributed by atoms with E-state index in [9.17, 15) is 18.0 Å². The van der Waals surface area contributed by atoms with Crippen LogP contribution in [0.5, 0.6) is 0 Å². The summed E-state index contributed by atoms with van der Waals surface area (Å²) in [5, 5.41) is 0. The Labute approximate surface area is 230 Å². The molecule has 0 saturated heterocycles. The van der Waals surface area contributed by atoms with E-state index in [-0.39, 0.29) is 28.5 Å². The molecule has 4 rings (SSSR count). The predicted molar refractivity (Wildman–Crippen MR) is 154 cm³/mol. The average molecular weight is 538 g/mol. The van der Waals surface area contributed by atoms with Crippen molar-refractivity contribution < 1.29 is 18.0 Å². The zero-order chi connectivity index (χ0) is 28.0. The number of hydrogen-bond donors (Lipinski definition) is 1. The second-order valence-corrected chi connectivity index (χ2v) is 11.4. The molecule has 5 nitrogen and oxygen atoms in total. The summed E-state index contributed by atoms with van der Waals surface area (Å²) in [5.74, 6) is -1.50. The molecule has 0 bridgehead atoms. The van der Waals surface area contributed by atoms with Gasteiger partial charge in [0.05, 0.1) is 10.9 Å². The third kappa shape index (κ3) is 6.85. The van der Waals surface area contributed by atoms with Crippen LogP contribution in [0.3, 0.4) is 0 Å². The Kier molecular flexibility index (Phi) is 8.69. The van der Waals surface area contributed by atoms with Gasteiger partial charge in [-0.3, -0.25) is 9.59 Å². The summed E-state index contributed by atoms with van der Waals surface area (Å²) < 4.78 is 30.0. The van der Waals surface area contributed by atoms with Gasteiger partial charge in [0.25, 0.3) is 0 Å². The fourth-order valence-corrected chi connectivity index (χ4v) is 5.70. The molecule has 0 saturated carbocycles. The first-order chi connectivity index (χ1) is 18.7. The molecule has 0 aliphatic carbocycles. The molecule has 0 fully saturated rings. The number of sulfonamides is 1. The molecule has 0 amide bonds. The molecule has 0 radical (unpaired) electrons. The summed E-state index contributed by atoms with van der Waals surface area (Å²) in [5.41, 5.74) is 3.65. The van der Waals surface area contributed by atoms with Crippen molar-refractivity contribution in [1.29, 1.82) is 0 Å². The molecule has 0 aromatic heterocycles. The van der Waals surface area contributed by atoms with E-state index in [1.807, 2.05) is 44.2 Å². The number of carbonyl (C=O) groups is 2. The standard InChI is InChI=1S/C33H31NO4S/c1-23-14-18-26(19-15-23)31(34-39(37,38)29-20-16-24(2)17-21-29)30(33(36)28-12-8-5-9-13-28)22-25(3)32(35)27-10-6-4-7-11-27/h4-21,30-31,34H,3,22H2,1-2H3/t30-,31-/m1/s1. The van der Waals surface area contributed by atoms with Crippen molar-refractivity contribution in [3.63, 3.8) is 0 Å². The summed E-state index contributed by atoms with van der Waals surface area (Å²) in [7, 11) is -4.02. The quantitative estimate of drug-likeness (QED) is 0.172. The molecular formula is C33H31NO4S. The first-order valence-electron chi connectivity index (χ1n) is 12.7. The molecule has 1 N–H and O–H groups in total. The van der Waals surface area contributed by atoms with E-state index in [0.29, 0.717) is 16.7 Å². The van der Waals surface area contributed by atoms with E-state index in [1.54, 1.807) is 66.7 Å². The topological polar surface area (TPSA) is 80.3 Å². The summed E-state index contributed by atoms with van der Waals surface area (Å²) in [6.45, 7) is 7.83. The number of aryl methyl sites for hydroxylation is 2. The van der Waals surface area contributed by atoms with Crippen LogP contribution in [0, 0.1) is 19.8 Å². The number of Topliss-reactive ketones (excluding diaryl/α,β-unsaturated/α-hetero) is 2. The maximum absolute atomic E-state index is 14.0. The number of hydrogen-bond acceptors (Lipinski definition) is 4. The first kappa shape index (κ1) is 27.9. The van der Waals surface area contributed by atoms with Crippen LogP contribution < -0.4 is 4.72 Å². The fourth-order valence-electron chi connectivity index (χ4n) is 4.44. The lowest BCUT2D eigenvalue weighted by atomic mass is 9.81. The molecule has 0 heterocycles. The van der Waals surface area contributed by atoms with Gasteiger partial charge in [0.2, 0.25) is 10.0 Å². The molecule has 198 valence electrons. The van der Waals surface area contributed by atoms with Gasteiger partial charge in [-0.25, -0.2) is 13.1 Å². The minimum atomic E-state index is -4.02. The van der Waals surface area contributed by atoms with Crippen LogP contribution in [-0.2, 0) is 10.0 Å². The molecule has 0 spiro atoms. The number of ketones is 2. The maximum atomic E-state index is 14.0. The molecule has 0 aliphatic heterocycles. The monoisotopic (exact) mass is 537 g/mol. The van der Waals surface area contributed by atoms with Gasteiger partial charge in [0, 0.05) is 17.0 Å². The minimum absolute atomic E-state index is 0.0313. The lowest BCUT2D eigenvalue weighted by molar-refractivity contribution is 0.0891. The van der Waals surface area contributed by atoms with Crippen molar-refractivity contribution in [2.45, 2.75) is 31.2 Å². The zero-order valence-electron chi connectivity index (χ0n) is 22.0. The smallest absolute Gasteiger partial charge is 0.241 e. The predicted octanol–water partition coefficient (Wildman–Crippen LogP) is 6.65. The Hall–Kier alpha value is -4.13. The average Bonchev–Trinajstić information content (AvgIpc) is 2.95. The summed E-state index contributed by atoms with van der Waals surface area (Å²) >= 11 is 0. The van der Waals surface area contributed by atoms with Crippen LogP contribution in [0.25, 0.3) is 0 Å². The van der Waals surface area contributed by atoms with Crippen LogP contribution in [0.2, 0.25) is 0 Å². The van der Waals surface area contributed by atoms with Crippen molar-refractivity contribution >= 4 is 21.6 Å². The van der Waals surface area contributed by atoms with Gasteiger partial charge < -0.3 is 0 Å². The SMILES string of the molecule is C=C(C[C@@H](C(=O)c1ccccc1)[C@H](NS(=O)(=O)c1ccc(C)cc1)c1ccc(C)cc1)C(=O)c1ccccc1. The van der Waals surface area contributed by atoms with Crippen molar-refractivity contribution in [2.24, 2.45) is 5.92 Å². The molecule has 0 aliphatic rings. The summed E-state index contributed by atoms with van der Waals surface area (Å²) in [6.07, 6.45) is -0.0313. The Morgan fingerprint density at radius 2 is 1.21 bits per heavy atom. The third-order valence-corrected chi connectivity index (χ3v) is 8.13. The zero-order valence-corrected chi connectivity index (χ0v) is 22.8. The Balaban J connectivity index is 1.79. The number of rotatable bonds is 11. The van der Waals surface area contributed by atoms with E-state index in [4.69, 9.17) is 0 Å². The van der Waals surface area contributed by atoms with Gasteiger partial charge in [0.1, 0.15) is 0 Å². The van der Waals surface area contributed by atoms with Crippen LogP contribution in [0.4, 0.5) is 0 Å².